The molecule has 18 rings (SSSR count). The van der Waals surface area contributed by atoms with Crippen molar-refractivity contribution in [1.82, 2.24) is 99.0 Å². The Balaban J connectivity index is 0.000000141. The molecule has 4 spiro atoms. The van der Waals surface area contributed by atoms with Gasteiger partial charge in [0.1, 0.15) is 134 Å². The molecule has 39 nitrogen and oxygen atoms in total. The number of nitrogen functional groups attached to an aromatic ring is 3. The average Bonchev–Trinajstić information content (AvgIpc) is 1.60. The molecule has 8 aliphatic heterocycles. The predicted molar refractivity (Wildman–Crippen MR) is 453 cm³/mol. The number of hydrogen-bond donors (Lipinski definition) is 12. The molecular formula is C80H102BrKN28O11. The van der Waals surface area contributed by atoms with Crippen molar-refractivity contribution < 1.29 is 85.6 Å². The first kappa shape index (κ1) is 89.9. The van der Waals surface area contributed by atoms with E-state index in [0.29, 0.717) is 146 Å². The fourth-order valence-corrected chi connectivity index (χ4v) is 17.1. The Bertz CT molecular complexity index is 5550. The van der Waals surface area contributed by atoms with Crippen molar-refractivity contribution in [2.45, 2.75) is 155 Å². The number of likely N-dealkylation sites (tertiary alicyclic amines) is 4. The maximum Gasteiger partial charge on any atom is 1.00 e. The van der Waals surface area contributed by atoms with Crippen LogP contribution in [0.5, 0.6) is 0 Å². The Hall–Kier alpha value is -10.3. The topological polar surface area (TPSA) is 523 Å². The van der Waals surface area contributed by atoms with Gasteiger partial charge in [-0.15, -0.1) is 0 Å². The summed E-state index contributed by atoms with van der Waals surface area (Å²) in [4.78, 5) is 168. The number of aromatic nitrogens is 12. The molecule has 6 fully saturated rings. The Labute approximate surface area is 747 Å². The number of halogens is 1. The smallest absolute Gasteiger partial charge is 0.870 e. The number of carbonyl (C=O) groups excluding carboxylic acids is 6. The van der Waals surface area contributed by atoms with E-state index in [4.69, 9.17) is 17.2 Å². The third-order valence-corrected chi connectivity index (χ3v) is 24.9. The Morgan fingerprint density at radius 2 is 0.603 bits per heavy atom. The number of nitrogens with zero attached hydrogens (tertiary/aromatic N) is 16. The van der Waals surface area contributed by atoms with Crippen LogP contribution in [0.1, 0.15) is 164 Å². The minimum atomic E-state index is -0.706. The predicted octanol–water partition coefficient (Wildman–Crippen LogP) is 1.46. The number of amides is 6. The normalized spacial score (nSPS) is 18.5. The molecular weight excluding hydrogens is 1650 g/mol. The Morgan fingerprint density at radius 1 is 0.372 bits per heavy atom. The number of pyridine rings is 4. The van der Waals surface area contributed by atoms with Gasteiger partial charge in [0.25, 0.3) is 45.9 Å². The van der Waals surface area contributed by atoms with Crippen LogP contribution in [-0.4, -0.2) is 199 Å². The van der Waals surface area contributed by atoms with Crippen molar-refractivity contribution >= 4 is 115 Å². The van der Waals surface area contributed by atoms with Gasteiger partial charge in [0.15, 0.2) is 0 Å². The molecule has 16 N–H and O–H groups in total. The van der Waals surface area contributed by atoms with Crippen LogP contribution in [0.3, 0.4) is 0 Å². The van der Waals surface area contributed by atoms with Crippen molar-refractivity contribution in [2.75, 3.05) is 124 Å². The molecule has 8 aromatic heterocycles. The maximum atomic E-state index is 13.6. The van der Waals surface area contributed by atoms with Crippen LogP contribution in [0.2, 0.25) is 0 Å². The molecule has 636 valence electrons. The summed E-state index contributed by atoms with van der Waals surface area (Å²) in [6.45, 7) is 21.1. The molecule has 2 aliphatic carbocycles. The summed E-state index contributed by atoms with van der Waals surface area (Å²) in [5.74, 6) is 2.97. The molecule has 8 aromatic rings. The number of hydrogen-bond acceptors (Lipinski definition) is 29. The molecule has 4 saturated heterocycles. The van der Waals surface area contributed by atoms with Crippen LogP contribution in [0.25, 0.3) is 0 Å². The van der Waals surface area contributed by atoms with Crippen molar-refractivity contribution in [2.24, 2.45) is 11.8 Å². The monoisotopic (exact) mass is 1750 g/mol. The minimum absolute atomic E-state index is 0. The van der Waals surface area contributed by atoms with Gasteiger partial charge in [-0.1, -0.05) is 0 Å². The van der Waals surface area contributed by atoms with Gasteiger partial charge in [-0.25, -0.2) is 39.9 Å². The fraction of sp³-hybridized carbons (Fsp3) is 0.475. The number of nitrogens with two attached hydrogens (primary N) is 3. The molecule has 0 unspecified atom stereocenters. The summed E-state index contributed by atoms with van der Waals surface area (Å²) in [5.41, 5.74) is 22.4. The zero-order chi connectivity index (χ0) is 85.2. The Morgan fingerprint density at radius 3 is 0.884 bits per heavy atom. The SMILES string of the molecule is Cc1c(N)ncnc1NC(=O)C1CC1.Cc1cc(Br)c(=O)n2c1C(=O)NC21CCN(C)CC1.Cc1cc(Nc2ncnc(N)c2C)c(=O)n2c1C(=O)NC21CCN(C)CC1.Cc1cc(Nc2ncnc(N)c2C)c(=O)n2c1C(=O)NC21CCN(C)CC1.Cc1cc(Nc2ncnc(NC(=O)C3CC3)c2C)c(=O)n2c1C(=O)NC21CCN(C)CC1.[K+].[OH-]. The third-order valence-electron chi connectivity index (χ3n) is 24.3. The summed E-state index contributed by atoms with van der Waals surface area (Å²) in [6.07, 6.45) is 14.8. The van der Waals surface area contributed by atoms with Gasteiger partial charge in [-0.05, 0) is 172 Å². The van der Waals surface area contributed by atoms with E-state index in [0.717, 1.165) is 119 Å². The van der Waals surface area contributed by atoms with Crippen LogP contribution in [-0.2, 0) is 32.2 Å². The van der Waals surface area contributed by atoms with Crippen molar-refractivity contribution in [3.63, 3.8) is 0 Å². The molecule has 0 atom stereocenters. The van der Waals surface area contributed by atoms with Gasteiger partial charge in [0.2, 0.25) is 11.8 Å². The van der Waals surface area contributed by atoms with E-state index in [1.165, 1.54) is 25.3 Å². The van der Waals surface area contributed by atoms with Crippen molar-refractivity contribution in [1.29, 1.82) is 0 Å². The van der Waals surface area contributed by atoms with Crippen LogP contribution >= 0.6 is 15.9 Å². The Kier molecular flexibility index (Phi) is 26.5. The second-order valence-corrected chi connectivity index (χ2v) is 33.7. The van der Waals surface area contributed by atoms with Gasteiger partial charge in [-0.3, -0.25) is 66.2 Å². The number of nitrogens with one attached hydrogen (secondary N) is 9. The number of aryl methyl sites for hydroxylation is 4. The summed E-state index contributed by atoms with van der Waals surface area (Å²) in [5, 5.41) is 27.2. The summed E-state index contributed by atoms with van der Waals surface area (Å²) < 4.78 is 7.09. The van der Waals surface area contributed by atoms with E-state index >= 15 is 0 Å². The number of piperidine rings is 4. The quantitative estimate of drug-likeness (QED) is 0.0862. The van der Waals surface area contributed by atoms with Gasteiger partial charge in [0, 0.05) is 138 Å². The van der Waals surface area contributed by atoms with E-state index in [9.17, 15) is 47.9 Å². The number of rotatable bonds is 10. The molecule has 0 radical (unpaired) electrons. The number of carbonyl (C=O) groups is 6. The maximum absolute atomic E-state index is 13.6. The fourth-order valence-electron chi connectivity index (χ4n) is 16.6. The van der Waals surface area contributed by atoms with E-state index < -0.39 is 22.7 Å². The van der Waals surface area contributed by atoms with Gasteiger partial charge in [-0.2, -0.15) is 0 Å². The second kappa shape index (κ2) is 35.6. The molecule has 16 heterocycles. The minimum Gasteiger partial charge on any atom is -0.870 e. The zero-order valence-electron chi connectivity index (χ0n) is 70.2. The third kappa shape index (κ3) is 17.7. The summed E-state index contributed by atoms with van der Waals surface area (Å²) >= 11 is 3.30. The van der Waals surface area contributed by atoms with E-state index in [1.54, 1.807) is 70.2 Å². The van der Waals surface area contributed by atoms with E-state index in [-0.39, 0.29) is 126 Å². The zero-order valence-corrected chi connectivity index (χ0v) is 74.9. The first-order chi connectivity index (χ1) is 56.6. The van der Waals surface area contributed by atoms with Crippen LogP contribution in [0.15, 0.2) is 73.2 Å². The largest absolute Gasteiger partial charge is 1.00 e. The van der Waals surface area contributed by atoms with Gasteiger partial charge in [0.05, 0.1) is 4.47 Å². The first-order valence-electron chi connectivity index (χ1n) is 39.8. The molecule has 6 amide bonds. The first-order valence-corrected chi connectivity index (χ1v) is 40.6. The molecule has 41 heteroatoms. The number of fused-ring (bicyclic) bond motifs is 8. The molecule has 10 aliphatic rings. The van der Waals surface area contributed by atoms with E-state index in [2.05, 4.69) is 130 Å². The van der Waals surface area contributed by atoms with Crippen molar-refractivity contribution in [3.8, 4) is 0 Å². The van der Waals surface area contributed by atoms with Crippen LogP contribution < -0.4 is 139 Å². The van der Waals surface area contributed by atoms with Crippen LogP contribution in [0, 0.1) is 67.2 Å². The van der Waals surface area contributed by atoms with Gasteiger partial charge >= 0.3 is 51.4 Å². The number of anilines is 11. The van der Waals surface area contributed by atoms with E-state index in [1.807, 2.05) is 48.8 Å². The second-order valence-electron chi connectivity index (χ2n) is 32.8. The molecule has 121 heavy (non-hydrogen) atoms. The molecule has 0 aromatic carbocycles. The van der Waals surface area contributed by atoms with Gasteiger partial charge < -0.3 is 90.1 Å². The average molecular weight is 1750 g/mol. The molecule has 0 bridgehead atoms. The summed E-state index contributed by atoms with van der Waals surface area (Å²) in [7, 11) is 8.17. The van der Waals surface area contributed by atoms with Crippen LogP contribution in [0.4, 0.5) is 63.6 Å². The standard InChI is InChI=1S/C22H27N7O3.2C18H23N7O2.C13H16BrN3O2.C9H12N4O.K.H2O/c1-12-10-15(25-17-13(2)18(24-11-23-17)26-19(30)14-4-5-14)21(32)29-16(12)20(31)27-22(29)6-8-28(3)9-7-22;2*1-10-8-12(22-15-11(2)14(19)20-9-21-15)17(27)25-13(10)16(26)23-18(25)4-6-24(3)7-5-18;1-8-7-9(14)12(19)17-10(8)11(18)15-13(17)3-5-16(2)6-4-13;1-5-7(10)11-4-12-8(5)13-9(14)6-2-3-6;;/h10-11,14H,4-9H2,1-3H3,(H,27,31)(H2,23,24,25,26,30);2*8-9H,4-7H2,1-3H3,(H,23,26)(H3,19,20,21,22);7H,3-6H2,1-2H3,(H,15,18);4,6H,2-3H2,1H3,(H3,10,11,12,13,14);;1H2/q;;;;;+1;/p-1. The molecule has 2 saturated carbocycles. The van der Waals surface area contributed by atoms with Crippen molar-refractivity contribution in [3.05, 3.63) is 163 Å². The summed E-state index contributed by atoms with van der Waals surface area (Å²) in [6, 6.07) is 6.80.